The summed E-state index contributed by atoms with van der Waals surface area (Å²) in [6.07, 6.45) is 1.92. The van der Waals surface area contributed by atoms with Gasteiger partial charge >= 0.3 is 15.6 Å². The minimum atomic E-state index is -5.40. The summed E-state index contributed by atoms with van der Waals surface area (Å²) in [5.74, 6) is 0. The Morgan fingerprint density at radius 1 is 1.06 bits per heavy atom. The average molecular weight is 278 g/mol. The van der Waals surface area contributed by atoms with Crippen molar-refractivity contribution in [1.29, 1.82) is 0 Å². The van der Waals surface area contributed by atoms with Crippen molar-refractivity contribution in [1.82, 2.24) is 0 Å². The van der Waals surface area contributed by atoms with E-state index in [1.807, 2.05) is 20.8 Å². The van der Waals surface area contributed by atoms with Crippen molar-refractivity contribution in [2.45, 2.75) is 50.6 Å². The zero-order chi connectivity index (χ0) is 13.0. The molecule has 0 N–H and O–H groups in total. The van der Waals surface area contributed by atoms with Gasteiger partial charge in [-0.2, -0.15) is 21.6 Å². The lowest BCUT2D eigenvalue weighted by molar-refractivity contribution is -0.0501. The Hall–Kier alpha value is -0.0831. The number of rotatable bonds is 6. The van der Waals surface area contributed by atoms with E-state index in [2.05, 4.69) is 3.87 Å². The van der Waals surface area contributed by atoms with Crippen LogP contribution in [0.1, 0.15) is 40.0 Å². The van der Waals surface area contributed by atoms with Gasteiger partial charge in [0.05, 0.1) is 0 Å². The van der Waals surface area contributed by atoms with Crippen LogP contribution < -0.4 is 0 Å². The highest BCUT2D eigenvalue weighted by atomic mass is 32.2. The molecule has 0 aliphatic rings. The van der Waals surface area contributed by atoms with E-state index in [-0.39, 0.29) is 5.04 Å². The van der Waals surface area contributed by atoms with Crippen LogP contribution in [0.4, 0.5) is 13.2 Å². The Bertz CT molecular complexity index is 301. The highest BCUT2D eigenvalue weighted by Crippen LogP contribution is 2.38. The Morgan fingerprint density at radius 3 is 1.69 bits per heavy atom. The second kappa shape index (κ2) is 5.50. The van der Waals surface area contributed by atoms with E-state index in [1.165, 1.54) is 0 Å². The van der Waals surface area contributed by atoms with Crippen LogP contribution in [0.3, 0.4) is 0 Å². The smallest absolute Gasteiger partial charge is 0.315 e. The monoisotopic (exact) mass is 278 g/mol. The van der Waals surface area contributed by atoms with Crippen molar-refractivity contribution in [3.05, 3.63) is 0 Å². The molecule has 16 heavy (non-hydrogen) atoms. The highest BCUT2D eigenvalue weighted by molar-refractivity contribution is 7.88. The quantitative estimate of drug-likeness (QED) is 0.553. The normalized spacial score (nSPS) is 14.9. The number of hydrogen-bond acceptors (Lipinski definition) is 3. The summed E-state index contributed by atoms with van der Waals surface area (Å²) in [6.45, 7) is 5.51. The van der Waals surface area contributed by atoms with Crippen LogP contribution in [0, 0.1) is 0 Å². The largest absolute Gasteiger partial charge is 0.522 e. The second-order valence-electron chi connectivity index (χ2n) is 3.72. The summed E-state index contributed by atoms with van der Waals surface area (Å²) < 4.78 is 61.8. The van der Waals surface area contributed by atoms with Crippen LogP contribution in [0.2, 0.25) is 5.04 Å². The van der Waals surface area contributed by atoms with Crippen LogP contribution in [0.5, 0.6) is 0 Å². The van der Waals surface area contributed by atoms with Crippen molar-refractivity contribution >= 4 is 19.9 Å². The Balaban J connectivity index is 4.68. The van der Waals surface area contributed by atoms with Crippen LogP contribution in [-0.2, 0) is 14.0 Å². The van der Waals surface area contributed by atoms with E-state index in [1.54, 1.807) is 0 Å². The maximum atomic E-state index is 12.0. The molecule has 98 valence electrons. The Kier molecular flexibility index (Phi) is 5.47. The topological polar surface area (TPSA) is 43.4 Å². The molecule has 0 saturated carbocycles. The molecule has 0 spiro atoms. The molecule has 0 aliphatic heterocycles. The summed E-state index contributed by atoms with van der Waals surface area (Å²) in [5, 5.41) is -0.363. The molecular formula is C8H17F3O3SSi. The lowest BCUT2D eigenvalue weighted by Gasteiger charge is -2.28. The van der Waals surface area contributed by atoms with Crippen molar-refractivity contribution in [2.75, 3.05) is 0 Å². The van der Waals surface area contributed by atoms with E-state index < -0.39 is 25.4 Å². The van der Waals surface area contributed by atoms with E-state index in [4.69, 9.17) is 0 Å². The van der Waals surface area contributed by atoms with Gasteiger partial charge in [0.2, 0.25) is 0 Å². The Morgan fingerprint density at radius 2 is 1.44 bits per heavy atom. The highest BCUT2D eigenvalue weighted by Gasteiger charge is 2.47. The van der Waals surface area contributed by atoms with Gasteiger partial charge in [0.1, 0.15) is 0 Å². The lowest BCUT2D eigenvalue weighted by Crippen LogP contribution is -2.31. The van der Waals surface area contributed by atoms with Gasteiger partial charge < -0.3 is 3.87 Å². The summed E-state index contributed by atoms with van der Waals surface area (Å²) >= 11 is 0. The number of halogens is 3. The second-order valence-corrected chi connectivity index (χ2v) is 7.83. The SMILES string of the molecule is CCC(CC)(CC)[SiH2]OS(=O)(=O)C(F)(F)F. The average Bonchev–Trinajstić information content (AvgIpc) is 2.19. The van der Waals surface area contributed by atoms with Crippen LogP contribution in [0.25, 0.3) is 0 Å². The van der Waals surface area contributed by atoms with E-state index in [0.29, 0.717) is 19.3 Å². The van der Waals surface area contributed by atoms with Crippen LogP contribution >= 0.6 is 0 Å². The van der Waals surface area contributed by atoms with Crippen molar-refractivity contribution in [2.24, 2.45) is 0 Å². The number of hydrogen-bond donors (Lipinski definition) is 0. The molecule has 8 heteroatoms. The molecule has 0 heterocycles. The lowest BCUT2D eigenvalue weighted by atomic mass is 9.99. The molecule has 0 radical (unpaired) electrons. The molecule has 0 rings (SSSR count). The molecule has 0 aromatic rings. The fourth-order valence-electron chi connectivity index (χ4n) is 1.33. The summed E-state index contributed by atoms with van der Waals surface area (Å²) in [4.78, 5) is 0. The first kappa shape index (κ1) is 15.9. The van der Waals surface area contributed by atoms with E-state index in [0.717, 1.165) is 0 Å². The fourth-order valence-corrected chi connectivity index (χ4v) is 4.09. The first-order valence-corrected chi connectivity index (χ1v) is 7.79. The third kappa shape index (κ3) is 3.74. The van der Waals surface area contributed by atoms with E-state index in [9.17, 15) is 21.6 Å². The third-order valence-electron chi connectivity index (χ3n) is 3.05. The minimum absolute atomic E-state index is 0.363. The zero-order valence-corrected chi connectivity index (χ0v) is 11.8. The van der Waals surface area contributed by atoms with Gasteiger partial charge in [-0.25, -0.2) is 0 Å². The zero-order valence-electron chi connectivity index (χ0n) is 9.60. The molecule has 0 amide bonds. The first-order chi connectivity index (χ1) is 7.14. The van der Waals surface area contributed by atoms with Gasteiger partial charge in [0.25, 0.3) is 0 Å². The summed E-state index contributed by atoms with van der Waals surface area (Å²) in [6, 6.07) is 0. The van der Waals surface area contributed by atoms with Crippen molar-refractivity contribution in [3.8, 4) is 0 Å². The predicted molar refractivity (Wildman–Crippen MR) is 58.2 cm³/mol. The van der Waals surface area contributed by atoms with Gasteiger partial charge in [-0.05, 0) is 5.04 Å². The van der Waals surface area contributed by atoms with Gasteiger partial charge in [-0.3, -0.25) is 0 Å². The molecule has 0 fully saturated rings. The molecule has 0 atom stereocenters. The van der Waals surface area contributed by atoms with E-state index >= 15 is 0 Å². The molecule has 0 bridgehead atoms. The Labute approximate surface area is 96.4 Å². The third-order valence-corrected chi connectivity index (χ3v) is 7.45. The van der Waals surface area contributed by atoms with Crippen molar-refractivity contribution < 1.29 is 25.5 Å². The molecule has 0 saturated heterocycles. The number of alkyl halides is 3. The molecule has 3 nitrogen and oxygen atoms in total. The molecule has 0 unspecified atom stereocenters. The maximum Gasteiger partial charge on any atom is 0.522 e. The maximum absolute atomic E-state index is 12.0. The molecular weight excluding hydrogens is 261 g/mol. The minimum Gasteiger partial charge on any atom is -0.315 e. The first-order valence-electron chi connectivity index (χ1n) is 5.10. The molecule has 0 aromatic heterocycles. The predicted octanol–water partition coefficient (Wildman–Crippen LogP) is 2.33. The van der Waals surface area contributed by atoms with Gasteiger partial charge in [0, 0.05) is 0 Å². The van der Waals surface area contributed by atoms with Gasteiger partial charge in [-0.1, -0.05) is 40.0 Å². The van der Waals surface area contributed by atoms with Crippen molar-refractivity contribution in [3.63, 3.8) is 0 Å². The fraction of sp³-hybridized carbons (Fsp3) is 1.00. The standard InChI is InChI=1S/C8H17F3O3SSi/c1-4-7(5-2,6-3)16-14-15(12,13)8(9,10)11/h4-6,16H2,1-3H3. The van der Waals surface area contributed by atoms with Crippen LogP contribution in [0.15, 0.2) is 0 Å². The van der Waals surface area contributed by atoms with Gasteiger partial charge in [-0.15, -0.1) is 0 Å². The van der Waals surface area contributed by atoms with Gasteiger partial charge in [0.15, 0.2) is 9.76 Å². The summed E-state index contributed by atoms with van der Waals surface area (Å²) in [5.41, 5.74) is -5.30. The summed E-state index contributed by atoms with van der Waals surface area (Å²) in [7, 11) is -7.17. The molecule has 0 aromatic carbocycles. The molecule has 0 aliphatic carbocycles. The van der Waals surface area contributed by atoms with Crippen LogP contribution in [-0.4, -0.2) is 23.7 Å².